The summed E-state index contributed by atoms with van der Waals surface area (Å²) in [5, 5.41) is 10.7. The van der Waals surface area contributed by atoms with Gasteiger partial charge in [0.1, 0.15) is 5.71 Å². The van der Waals surface area contributed by atoms with Gasteiger partial charge in [-0.1, -0.05) is 6.07 Å². The van der Waals surface area contributed by atoms with Crippen molar-refractivity contribution < 1.29 is 4.79 Å². The second-order valence-electron chi connectivity index (χ2n) is 7.79. The van der Waals surface area contributed by atoms with Gasteiger partial charge in [-0.15, -0.1) is 0 Å². The minimum absolute atomic E-state index is 0.136. The van der Waals surface area contributed by atoms with Crippen molar-refractivity contribution in [2.45, 2.75) is 43.9 Å². The predicted molar refractivity (Wildman–Crippen MR) is 81.8 cm³/mol. The Balaban J connectivity index is 1.60. The van der Waals surface area contributed by atoms with E-state index in [0.717, 1.165) is 29.0 Å². The maximum absolute atomic E-state index is 11.7. The average molecular weight is 280 g/mol. The Hall–Kier alpha value is -1.64. The van der Waals surface area contributed by atoms with Gasteiger partial charge in [-0.2, -0.15) is 0 Å². The first-order chi connectivity index (χ1) is 10.1. The van der Waals surface area contributed by atoms with E-state index in [1.807, 2.05) is 6.07 Å². The third-order valence-corrected chi connectivity index (χ3v) is 6.41. The van der Waals surface area contributed by atoms with Crippen molar-refractivity contribution in [1.82, 2.24) is 0 Å². The van der Waals surface area contributed by atoms with E-state index in [1.165, 1.54) is 44.1 Å². The highest BCUT2D eigenvalue weighted by molar-refractivity contribution is 6.52. The molecule has 0 atom stereocenters. The van der Waals surface area contributed by atoms with E-state index in [2.05, 4.69) is 17.4 Å². The Morgan fingerprint density at radius 2 is 1.67 bits per heavy atom. The van der Waals surface area contributed by atoms with E-state index in [0.29, 0.717) is 5.41 Å². The minimum Gasteiger partial charge on any atom is -0.320 e. The Kier molecular flexibility index (Phi) is 2.14. The van der Waals surface area contributed by atoms with E-state index in [4.69, 9.17) is 5.41 Å². The number of fused-ring (bicyclic) bond motifs is 1. The number of benzene rings is 1. The van der Waals surface area contributed by atoms with Crippen molar-refractivity contribution in [3.05, 3.63) is 29.3 Å². The molecule has 0 spiro atoms. The normalized spacial score (nSPS) is 39.5. The molecule has 0 unspecified atom stereocenters. The van der Waals surface area contributed by atoms with Crippen LogP contribution in [0.1, 0.15) is 49.7 Å². The lowest BCUT2D eigenvalue weighted by Gasteiger charge is -2.57. The van der Waals surface area contributed by atoms with Crippen LogP contribution in [0.2, 0.25) is 0 Å². The summed E-state index contributed by atoms with van der Waals surface area (Å²) >= 11 is 0. The first-order valence-electron chi connectivity index (χ1n) is 8.18. The van der Waals surface area contributed by atoms with Crippen LogP contribution in [0.15, 0.2) is 18.2 Å². The fraction of sp³-hybridized carbons (Fsp3) is 0.556. The predicted octanol–water partition coefficient (Wildman–Crippen LogP) is 3.47. The molecule has 1 amide bonds. The second-order valence-corrected chi connectivity index (χ2v) is 7.79. The molecule has 0 aromatic heterocycles. The molecular formula is C18H20N2O. The summed E-state index contributed by atoms with van der Waals surface area (Å²) in [7, 11) is 0. The first kappa shape index (κ1) is 12.0. The number of hydrogen-bond acceptors (Lipinski definition) is 2. The maximum Gasteiger partial charge on any atom is 0.274 e. The third-order valence-electron chi connectivity index (χ3n) is 6.41. The second kappa shape index (κ2) is 3.76. The largest absolute Gasteiger partial charge is 0.320 e. The molecule has 0 radical (unpaired) electrons. The number of hydrogen-bond donors (Lipinski definition) is 2. The molecule has 1 heterocycles. The molecule has 108 valence electrons. The molecule has 21 heavy (non-hydrogen) atoms. The zero-order valence-electron chi connectivity index (χ0n) is 12.1. The van der Waals surface area contributed by atoms with E-state index in [1.54, 1.807) is 0 Å². The molecular weight excluding hydrogens is 260 g/mol. The lowest BCUT2D eigenvalue weighted by Crippen LogP contribution is -2.48. The molecule has 1 aromatic carbocycles. The monoisotopic (exact) mass is 280 g/mol. The third kappa shape index (κ3) is 1.55. The number of nitrogens with one attached hydrogen (secondary N) is 2. The summed E-state index contributed by atoms with van der Waals surface area (Å²) in [5.41, 5.74) is 3.50. The van der Waals surface area contributed by atoms with Crippen LogP contribution >= 0.6 is 0 Å². The molecule has 6 rings (SSSR count). The number of carbonyl (C=O) groups excluding carboxylic acids is 1. The van der Waals surface area contributed by atoms with Gasteiger partial charge in [0, 0.05) is 5.56 Å². The Morgan fingerprint density at radius 3 is 2.29 bits per heavy atom. The summed E-state index contributed by atoms with van der Waals surface area (Å²) in [6.45, 7) is 0. The molecule has 4 fully saturated rings. The quantitative estimate of drug-likeness (QED) is 0.813. The first-order valence-corrected chi connectivity index (χ1v) is 8.18. The van der Waals surface area contributed by atoms with Crippen molar-refractivity contribution >= 4 is 17.3 Å². The Morgan fingerprint density at radius 1 is 1.05 bits per heavy atom. The minimum atomic E-state index is -0.257. The van der Waals surface area contributed by atoms with Crippen LogP contribution in [-0.4, -0.2) is 11.6 Å². The maximum atomic E-state index is 11.7. The lowest BCUT2D eigenvalue weighted by atomic mass is 9.48. The van der Waals surface area contributed by atoms with Crippen LogP contribution in [0.5, 0.6) is 0 Å². The Bertz CT molecular complexity index is 641. The Labute approximate surface area is 124 Å². The summed E-state index contributed by atoms with van der Waals surface area (Å²) in [5.74, 6) is 2.50. The SMILES string of the molecule is N=C1C(=O)Nc2ccc(C34CC5CC(CC(C5)C3)C4)cc21. The molecule has 4 aliphatic carbocycles. The number of anilines is 1. The molecule has 2 N–H and O–H groups in total. The summed E-state index contributed by atoms with van der Waals surface area (Å²) in [6, 6.07) is 6.37. The summed E-state index contributed by atoms with van der Waals surface area (Å²) in [4.78, 5) is 11.7. The van der Waals surface area contributed by atoms with Crippen LogP contribution < -0.4 is 5.32 Å². The van der Waals surface area contributed by atoms with Crippen molar-refractivity contribution in [1.29, 1.82) is 5.41 Å². The van der Waals surface area contributed by atoms with Gasteiger partial charge in [0.2, 0.25) is 0 Å². The number of amides is 1. The molecule has 0 saturated heterocycles. The molecule has 1 aliphatic heterocycles. The van der Waals surface area contributed by atoms with Gasteiger partial charge in [-0.25, -0.2) is 0 Å². The highest BCUT2D eigenvalue weighted by Gasteiger charge is 2.51. The molecule has 4 saturated carbocycles. The molecule has 4 bridgehead atoms. The van der Waals surface area contributed by atoms with Crippen LogP contribution in [-0.2, 0) is 10.2 Å². The van der Waals surface area contributed by atoms with Crippen molar-refractivity contribution in [3.63, 3.8) is 0 Å². The highest BCUT2D eigenvalue weighted by Crippen LogP contribution is 2.60. The van der Waals surface area contributed by atoms with E-state index >= 15 is 0 Å². The zero-order valence-corrected chi connectivity index (χ0v) is 12.1. The average Bonchev–Trinajstić information content (AvgIpc) is 2.72. The van der Waals surface area contributed by atoms with Crippen LogP contribution in [0.25, 0.3) is 0 Å². The van der Waals surface area contributed by atoms with Gasteiger partial charge in [-0.05, 0) is 79.4 Å². The molecule has 1 aromatic rings. The van der Waals surface area contributed by atoms with E-state index in [-0.39, 0.29) is 11.6 Å². The van der Waals surface area contributed by atoms with Crippen LogP contribution in [0.4, 0.5) is 5.69 Å². The number of carbonyl (C=O) groups is 1. The fourth-order valence-corrected chi connectivity index (χ4v) is 5.96. The summed E-state index contributed by atoms with van der Waals surface area (Å²) in [6.07, 6.45) is 8.31. The van der Waals surface area contributed by atoms with Gasteiger partial charge in [0.15, 0.2) is 0 Å². The highest BCUT2D eigenvalue weighted by atomic mass is 16.2. The fourth-order valence-electron chi connectivity index (χ4n) is 5.96. The van der Waals surface area contributed by atoms with Gasteiger partial charge in [0.25, 0.3) is 5.91 Å². The van der Waals surface area contributed by atoms with Crippen molar-refractivity contribution in [2.75, 3.05) is 5.32 Å². The zero-order chi connectivity index (χ0) is 14.2. The molecule has 5 aliphatic rings. The van der Waals surface area contributed by atoms with Gasteiger partial charge in [-0.3, -0.25) is 10.2 Å². The van der Waals surface area contributed by atoms with Crippen LogP contribution in [0, 0.1) is 23.2 Å². The summed E-state index contributed by atoms with van der Waals surface area (Å²) < 4.78 is 0. The smallest absolute Gasteiger partial charge is 0.274 e. The van der Waals surface area contributed by atoms with Crippen molar-refractivity contribution in [3.8, 4) is 0 Å². The van der Waals surface area contributed by atoms with E-state index < -0.39 is 0 Å². The van der Waals surface area contributed by atoms with Gasteiger partial charge in [0.05, 0.1) is 5.69 Å². The van der Waals surface area contributed by atoms with Crippen molar-refractivity contribution in [2.24, 2.45) is 17.8 Å². The lowest BCUT2D eigenvalue weighted by molar-refractivity contribution is -0.110. The van der Waals surface area contributed by atoms with Crippen LogP contribution in [0.3, 0.4) is 0 Å². The standard InChI is InChI=1S/C18H20N2O/c19-16-14-6-13(1-2-15(14)20-17(16)21)18-7-10-3-11(8-18)5-12(4-10)9-18/h1-2,6,10-12H,3-5,7-9H2,(H2,19,20,21). The van der Waals surface area contributed by atoms with E-state index in [9.17, 15) is 4.79 Å². The number of rotatable bonds is 1. The van der Waals surface area contributed by atoms with Gasteiger partial charge >= 0.3 is 0 Å². The molecule has 3 nitrogen and oxygen atoms in total. The topological polar surface area (TPSA) is 53.0 Å². The molecule has 3 heteroatoms. The van der Waals surface area contributed by atoms with Gasteiger partial charge < -0.3 is 5.32 Å².